The van der Waals surface area contributed by atoms with Crippen molar-refractivity contribution in [2.75, 3.05) is 13.1 Å². The summed E-state index contributed by atoms with van der Waals surface area (Å²) in [4.78, 5) is 35.3. The van der Waals surface area contributed by atoms with Crippen molar-refractivity contribution in [1.29, 1.82) is 0 Å². The molecule has 1 unspecified atom stereocenters. The van der Waals surface area contributed by atoms with Crippen molar-refractivity contribution in [3.05, 3.63) is 17.5 Å². The monoisotopic (exact) mass is 282 g/mol. The van der Waals surface area contributed by atoms with Crippen molar-refractivity contribution in [3.63, 3.8) is 0 Å². The molecule has 1 aromatic rings. The number of amides is 3. The summed E-state index contributed by atoms with van der Waals surface area (Å²) in [6.45, 7) is 1.42. The van der Waals surface area contributed by atoms with Crippen molar-refractivity contribution in [2.24, 2.45) is 0 Å². The molecule has 0 bridgehead atoms. The number of hydrogen-bond acceptors (Lipinski definition) is 5. The molecule has 0 spiro atoms. The number of nitrogens with one attached hydrogen (secondary N) is 2. The van der Waals surface area contributed by atoms with Gasteiger partial charge in [0.2, 0.25) is 5.91 Å². The minimum Gasteiger partial charge on any atom is -0.480 e. The predicted octanol–water partition coefficient (Wildman–Crippen LogP) is -0.922. The van der Waals surface area contributed by atoms with E-state index in [9.17, 15) is 14.4 Å². The maximum atomic E-state index is 12.0. The van der Waals surface area contributed by atoms with Crippen LogP contribution >= 0.6 is 0 Å². The Morgan fingerprint density at radius 2 is 2.40 bits per heavy atom. The molecule has 2 heterocycles. The standard InChI is InChI=1S/C11H14N4O5/c1-6-2-7(14-20-6)3-13-11(19)15-5-9(16)12-4-8(15)10(17)18/h2,8H,3-5H2,1H3,(H,12,16)(H,13,19)(H,17,18). The molecule has 3 N–H and O–H groups in total. The van der Waals surface area contributed by atoms with E-state index >= 15 is 0 Å². The lowest BCUT2D eigenvalue weighted by Gasteiger charge is -2.32. The molecule has 0 radical (unpaired) electrons. The Balaban J connectivity index is 1.98. The largest absolute Gasteiger partial charge is 0.480 e. The van der Waals surface area contributed by atoms with Crippen LogP contribution < -0.4 is 10.6 Å². The van der Waals surface area contributed by atoms with E-state index in [1.54, 1.807) is 13.0 Å². The van der Waals surface area contributed by atoms with Gasteiger partial charge in [-0.2, -0.15) is 0 Å². The number of carbonyl (C=O) groups is 3. The Labute approximate surface area is 113 Å². The Morgan fingerprint density at radius 1 is 1.65 bits per heavy atom. The highest BCUT2D eigenvalue weighted by Gasteiger charge is 2.35. The molecule has 1 atom stereocenters. The van der Waals surface area contributed by atoms with Gasteiger partial charge in [-0.05, 0) is 6.92 Å². The lowest BCUT2D eigenvalue weighted by atomic mass is 10.2. The van der Waals surface area contributed by atoms with Gasteiger partial charge < -0.3 is 20.3 Å². The number of aryl methyl sites for hydroxylation is 1. The summed E-state index contributed by atoms with van der Waals surface area (Å²) in [6.07, 6.45) is 0. The molecular weight excluding hydrogens is 268 g/mol. The SMILES string of the molecule is Cc1cc(CNC(=O)N2CC(=O)NCC2C(=O)O)no1. The van der Waals surface area contributed by atoms with Crippen LogP contribution in [0.2, 0.25) is 0 Å². The van der Waals surface area contributed by atoms with Crippen molar-refractivity contribution in [2.45, 2.75) is 19.5 Å². The minimum atomic E-state index is -1.17. The summed E-state index contributed by atoms with van der Waals surface area (Å²) in [5, 5.41) is 17.6. The molecule has 1 fully saturated rings. The van der Waals surface area contributed by atoms with E-state index < -0.39 is 23.9 Å². The topological polar surface area (TPSA) is 125 Å². The van der Waals surface area contributed by atoms with Gasteiger partial charge in [-0.1, -0.05) is 5.16 Å². The van der Waals surface area contributed by atoms with Gasteiger partial charge in [-0.15, -0.1) is 0 Å². The predicted molar refractivity (Wildman–Crippen MR) is 64.6 cm³/mol. The van der Waals surface area contributed by atoms with Crippen molar-refractivity contribution in [1.82, 2.24) is 20.7 Å². The first kappa shape index (κ1) is 13.8. The highest BCUT2D eigenvalue weighted by molar-refractivity contribution is 5.90. The average molecular weight is 282 g/mol. The number of hydrogen-bond donors (Lipinski definition) is 3. The molecule has 108 valence electrons. The Bertz CT molecular complexity index is 541. The van der Waals surface area contributed by atoms with E-state index in [0.717, 1.165) is 4.90 Å². The van der Waals surface area contributed by atoms with Crippen molar-refractivity contribution in [3.8, 4) is 0 Å². The fourth-order valence-corrected chi connectivity index (χ4v) is 1.84. The maximum Gasteiger partial charge on any atom is 0.328 e. The fraction of sp³-hybridized carbons (Fsp3) is 0.455. The molecular formula is C11H14N4O5. The molecule has 1 aliphatic heterocycles. The Kier molecular flexibility index (Phi) is 3.87. The number of piperazine rings is 1. The second-order valence-corrected chi connectivity index (χ2v) is 4.37. The zero-order valence-electron chi connectivity index (χ0n) is 10.8. The fourth-order valence-electron chi connectivity index (χ4n) is 1.84. The third kappa shape index (κ3) is 3.05. The summed E-state index contributed by atoms with van der Waals surface area (Å²) < 4.78 is 4.85. The number of rotatable bonds is 3. The summed E-state index contributed by atoms with van der Waals surface area (Å²) >= 11 is 0. The first-order valence-corrected chi connectivity index (χ1v) is 5.93. The number of carbonyl (C=O) groups excluding carboxylic acids is 2. The number of aromatic nitrogens is 1. The van der Waals surface area contributed by atoms with Gasteiger partial charge >= 0.3 is 12.0 Å². The molecule has 0 saturated carbocycles. The van der Waals surface area contributed by atoms with Crippen LogP contribution in [-0.4, -0.2) is 52.2 Å². The lowest BCUT2D eigenvalue weighted by molar-refractivity contribution is -0.144. The van der Waals surface area contributed by atoms with Crippen LogP contribution in [0.1, 0.15) is 11.5 Å². The van der Waals surface area contributed by atoms with Gasteiger partial charge in [0, 0.05) is 12.6 Å². The van der Waals surface area contributed by atoms with Crippen molar-refractivity contribution < 1.29 is 24.0 Å². The smallest absolute Gasteiger partial charge is 0.328 e. The van der Waals surface area contributed by atoms with Gasteiger partial charge in [0.05, 0.1) is 6.54 Å². The number of urea groups is 1. The van der Waals surface area contributed by atoms with Crippen LogP contribution in [0.5, 0.6) is 0 Å². The van der Waals surface area contributed by atoms with E-state index in [-0.39, 0.29) is 19.6 Å². The van der Waals surface area contributed by atoms with E-state index in [1.165, 1.54) is 0 Å². The third-order valence-electron chi connectivity index (χ3n) is 2.83. The van der Waals surface area contributed by atoms with Gasteiger partial charge in [0.25, 0.3) is 0 Å². The molecule has 3 amide bonds. The molecule has 1 aliphatic rings. The second-order valence-electron chi connectivity index (χ2n) is 4.37. The molecule has 0 aliphatic carbocycles. The molecule has 2 rings (SSSR count). The van der Waals surface area contributed by atoms with Crippen LogP contribution in [0.25, 0.3) is 0 Å². The first-order valence-electron chi connectivity index (χ1n) is 5.93. The summed E-state index contributed by atoms with van der Waals surface area (Å²) in [7, 11) is 0. The Hall–Kier alpha value is -2.58. The van der Waals surface area contributed by atoms with Crippen LogP contribution in [0, 0.1) is 6.92 Å². The molecule has 1 aromatic heterocycles. The normalized spacial score (nSPS) is 18.6. The lowest BCUT2D eigenvalue weighted by Crippen LogP contribution is -2.61. The first-order chi connectivity index (χ1) is 9.47. The number of nitrogens with zero attached hydrogens (tertiary/aromatic N) is 2. The quantitative estimate of drug-likeness (QED) is 0.658. The summed E-state index contributed by atoms with van der Waals surface area (Å²) in [5.74, 6) is -0.956. The van der Waals surface area contributed by atoms with Crippen LogP contribution in [0.4, 0.5) is 4.79 Å². The summed E-state index contributed by atoms with van der Waals surface area (Å²) in [5.41, 5.74) is 0.518. The van der Waals surface area contributed by atoms with Crippen LogP contribution in [0.3, 0.4) is 0 Å². The van der Waals surface area contributed by atoms with Crippen molar-refractivity contribution >= 4 is 17.9 Å². The van der Waals surface area contributed by atoms with E-state index in [0.29, 0.717) is 11.5 Å². The maximum absolute atomic E-state index is 12.0. The highest BCUT2D eigenvalue weighted by atomic mass is 16.5. The van der Waals surface area contributed by atoms with Gasteiger partial charge in [-0.3, -0.25) is 9.69 Å². The zero-order valence-corrected chi connectivity index (χ0v) is 10.8. The molecule has 20 heavy (non-hydrogen) atoms. The molecule has 9 heteroatoms. The van der Waals surface area contributed by atoms with Gasteiger partial charge in [-0.25, -0.2) is 9.59 Å². The van der Waals surface area contributed by atoms with Gasteiger partial charge in [0.1, 0.15) is 24.0 Å². The average Bonchev–Trinajstić information content (AvgIpc) is 2.81. The number of carboxylic acid groups (broad SMARTS) is 1. The number of aliphatic carboxylic acids is 1. The van der Waals surface area contributed by atoms with Gasteiger partial charge in [0.15, 0.2) is 0 Å². The third-order valence-corrected chi connectivity index (χ3v) is 2.83. The van der Waals surface area contributed by atoms with E-state index in [1.807, 2.05) is 0 Å². The summed E-state index contributed by atoms with van der Waals surface area (Å²) in [6, 6.07) is -0.0580. The minimum absolute atomic E-state index is 0.0978. The van der Waals surface area contributed by atoms with E-state index in [4.69, 9.17) is 9.63 Å². The zero-order chi connectivity index (χ0) is 14.7. The Morgan fingerprint density at radius 3 is 3.00 bits per heavy atom. The van der Waals surface area contributed by atoms with E-state index in [2.05, 4.69) is 15.8 Å². The molecule has 9 nitrogen and oxygen atoms in total. The molecule has 0 aromatic carbocycles. The number of carboxylic acids is 1. The van der Waals surface area contributed by atoms with Crippen LogP contribution in [0.15, 0.2) is 10.6 Å². The molecule has 1 saturated heterocycles. The highest BCUT2D eigenvalue weighted by Crippen LogP contribution is 2.06. The second kappa shape index (κ2) is 5.59. The van der Waals surface area contributed by atoms with Crippen LogP contribution in [-0.2, 0) is 16.1 Å².